The van der Waals surface area contributed by atoms with E-state index >= 15 is 0 Å². The minimum Gasteiger partial charge on any atom is -0.333 e. The first-order valence-corrected chi connectivity index (χ1v) is 10.6. The Hall–Kier alpha value is -3.43. The first kappa shape index (κ1) is 22.3. The molecule has 0 saturated carbocycles. The topological polar surface area (TPSA) is 75.2 Å². The third kappa shape index (κ3) is 5.39. The fourth-order valence-corrected chi connectivity index (χ4v) is 3.39. The number of nitriles is 1. The number of rotatable bonds is 8. The highest BCUT2D eigenvalue weighted by Gasteiger charge is 2.31. The zero-order chi connectivity index (χ0) is 22.4. The summed E-state index contributed by atoms with van der Waals surface area (Å²) in [5, 5.41) is 17.2. The predicted molar refractivity (Wildman–Crippen MR) is 121 cm³/mol. The van der Waals surface area contributed by atoms with Crippen molar-refractivity contribution in [2.75, 3.05) is 13.6 Å². The van der Waals surface area contributed by atoms with Gasteiger partial charge in [-0.3, -0.25) is 4.79 Å². The van der Waals surface area contributed by atoms with Gasteiger partial charge in [-0.2, -0.15) is 10.4 Å². The summed E-state index contributed by atoms with van der Waals surface area (Å²) in [4.78, 5) is 13.6. The number of carbonyl (C=O) groups is 1. The van der Waals surface area contributed by atoms with Gasteiger partial charge >= 0.3 is 0 Å². The molecule has 1 aromatic heterocycles. The van der Waals surface area contributed by atoms with Crippen LogP contribution in [-0.4, -0.2) is 34.8 Å². The summed E-state index contributed by atoms with van der Waals surface area (Å²) in [6, 6.07) is 22.3. The Kier molecular flexibility index (Phi) is 6.88. The molecule has 0 aliphatic heterocycles. The van der Waals surface area contributed by atoms with Gasteiger partial charge in [0, 0.05) is 11.8 Å². The monoisotopic (exact) mass is 416 g/mol. The highest BCUT2D eigenvalue weighted by Crippen LogP contribution is 2.23. The van der Waals surface area contributed by atoms with E-state index in [0.717, 1.165) is 27.4 Å². The first-order valence-electron chi connectivity index (χ1n) is 10.6. The highest BCUT2D eigenvalue weighted by molar-refractivity contribution is 5.78. The molecular formula is C25H30N5O+. The number of nitrogens with one attached hydrogen (secondary N) is 2. The van der Waals surface area contributed by atoms with Crippen LogP contribution in [0.4, 0.5) is 0 Å². The van der Waals surface area contributed by atoms with E-state index in [0.29, 0.717) is 6.54 Å². The average molecular weight is 417 g/mol. The van der Waals surface area contributed by atoms with Crippen molar-refractivity contribution in [2.45, 2.75) is 32.9 Å². The number of benzene rings is 2. The molecule has 0 bridgehead atoms. The average Bonchev–Trinajstić information content (AvgIpc) is 3.18. The quantitative estimate of drug-likeness (QED) is 0.593. The van der Waals surface area contributed by atoms with E-state index < -0.39 is 5.54 Å². The summed E-state index contributed by atoms with van der Waals surface area (Å²) >= 11 is 0. The number of likely N-dealkylation sites (N-methyl/N-ethyl adjacent to an activating group) is 1. The second-order valence-corrected chi connectivity index (χ2v) is 8.48. The first-order chi connectivity index (χ1) is 14.8. The molecule has 31 heavy (non-hydrogen) atoms. The lowest BCUT2D eigenvalue weighted by molar-refractivity contribution is -0.885. The minimum absolute atomic E-state index is 0.0237. The van der Waals surface area contributed by atoms with E-state index in [1.807, 2.05) is 92.4 Å². The zero-order valence-electron chi connectivity index (χ0n) is 18.6. The third-order valence-corrected chi connectivity index (χ3v) is 5.60. The molecule has 0 saturated heterocycles. The molecule has 1 heterocycles. The van der Waals surface area contributed by atoms with Gasteiger partial charge in [0.25, 0.3) is 5.91 Å². The number of nitrogens with zero attached hydrogens (tertiary/aromatic N) is 3. The summed E-state index contributed by atoms with van der Waals surface area (Å²) in [6.07, 6.45) is 2.03. The van der Waals surface area contributed by atoms with E-state index in [2.05, 4.69) is 11.4 Å². The fourth-order valence-electron chi connectivity index (χ4n) is 3.39. The molecule has 1 amide bonds. The molecule has 3 rings (SSSR count). The Morgan fingerprint density at radius 2 is 1.77 bits per heavy atom. The van der Waals surface area contributed by atoms with Gasteiger partial charge in [-0.05, 0) is 25.0 Å². The molecular weight excluding hydrogens is 386 g/mol. The summed E-state index contributed by atoms with van der Waals surface area (Å²) < 4.78 is 1.89. The van der Waals surface area contributed by atoms with E-state index in [1.54, 1.807) is 6.92 Å². The van der Waals surface area contributed by atoms with Crippen molar-refractivity contribution in [1.82, 2.24) is 15.1 Å². The predicted octanol–water partition coefficient (Wildman–Crippen LogP) is 2.61. The molecule has 0 aliphatic carbocycles. The number of amides is 1. The number of carbonyl (C=O) groups excluding carboxylic acids is 1. The van der Waals surface area contributed by atoms with E-state index in [4.69, 9.17) is 5.10 Å². The van der Waals surface area contributed by atoms with Gasteiger partial charge in [0.05, 0.1) is 24.4 Å². The lowest BCUT2D eigenvalue weighted by atomic mass is 9.90. The van der Waals surface area contributed by atoms with Crippen LogP contribution in [0.3, 0.4) is 0 Å². The third-order valence-electron chi connectivity index (χ3n) is 5.60. The largest absolute Gasteiger partial charge is 0.333 e. The Morgan fingerprint density at radius 3 is 2.35 bits per heavy atom. The number of para-hydroxylation sites is 1. The van der Waals surface area contributed by atoms with Crippen molar-refractivity contribution in [3.8, 4) is 23.0 Å². The minimum atomic E-state index is -0.870. The second kappa shape index (κ2) is 9.59. The van der Waals surface area contributed by atoms with Crippen molar-refractivity contribution in [3.05, 3.63) is 72.4 Å². The van der Waals surface area contributed by atoms with Crippen LogP contribution in [0.5, 0.6) is 0 Å². The van der Waals surface area contributed by atoms with Gasteiger partial charge in [-0.1, -0.05) is 62.4 Å². The van der Waals surface area contributed by atoms with Crippen molar-refractivity contribution in [1.29, 1.82) is 5.26 Å². The molecule has 2 aromatic carbocycles. The smallest absolute Gasteiger partial charge is 0.276 e. The van der Waals surface area contributed by atoms with Crippen LogP contribution in [0.25, 0.3) is 16.9 Å². The van der Waals surface area contributed by atoms with Crippen LogP contribution in [0.15, 0.2) is 66.9 Å². The normalized spacial score (nSPS) is 13.9. The molecule has 2 atom stereocenters. The molecule has 0 aliphatic rings. The number of hydrogen-bond acceptors (Lipinski definition) is 3. The van der Waals surface area contributed by atoms with Gasteiger partial charge in [0.1, 0.15) is 17.8 Å². The van der Waals surface area contributed by atoms with Gasteiger partial charge in [0.2, 0.25) is 0 Å². The molecule has 0 fully saturated rings. The van der Waals surface area contributed by atoms with Gasteiger partial charge in [-0.15, -0.1) is 0 Å². The van der Waals surface area contributed by atoms with Crippen molar-refractivity contribution < 1.29 is 9.69 Å². The van der Waals surface area contributed by atoms with Crippen molar-refractivity contribution >= 4 is 5.91 Å². The van der Waals surface area contributed by atoms with Crippen LogP contribution in [-0.2, 0) is 11.3 Å². The standard InChI is InChI=1S/C25H29N5O/c1-19(2)25(3,18-26)27-23(31)17-29(4)15-21-16-30(22-13-9-6-10-14-22)28-24(21)20-11-7-5-8-12-20/h5-14,16,19H,15,17H2,1-4H3,(H,27,31)/p+1/t25-/m1/s1. The molecule has 3 aromatic rings. The Morgan fingerprint density at radius 1 is 1.16 bits per heavy atom. The maximum atomic E-state index is 12.6. The maximum Gasteiger partial charge on any atom is 0.276 e. The van der Waals surface area contributed by atoms with Crippen LogP contribution in [0, 0.1) is 17.2 Å². The molecule has 0 spiro atoms. The van der Waals surface area contributed by atoms with Gasteiger partial charge in [-0.25, -0.2) is 4.68 Å². The molecule has 0 radical (unpaired) electrons. The Balaban J connectivity index is 1.81. The maximum absolute atomic E-state index is 12.6. The lowest BCUT2D eigenvalue weighted by Gasteiger charge is -2.27. The second-order valence-electron chi connectivity index (χ2n) is 8.48. The van der Waals surface area contributed by atoms with Crippen LogP contribution < -0.4 is 10.2 Å². The molecule has 6 nitrogen and oxygen atoms in total. The van der Waals surface area contributed by atoms with Crippen LogP contribution >= 0.6 is 0 Å². The lowest BCUT2D eigenvalue weighted by Crippen LogP contribution is -3.09. The van der Waals surface area contributed by atoms with E-state index in [1.165, 1.54) is 0 Å². The number of hydrogen-bond donors (Lipinski definition) is 2. The number of aromatic nitrogens is 2. The van der Waals surface area contributed by atoms with Crippen LogP contribution in [0.2, 0.25) is 0 Å². The number of quaternary nitrogens is 1. The summed E-state index contributed by atoms with van der Waals surface area (Å²) in [5.74, 6) is -0.109. The summed E-state index contributed by atoms with van der Waals surface area (Å²) in [5.41, 5.74) is 3.13. The highest BCUT2D eigenvalue weighted by atomic mass is 16.2. The van der Waals surface area contributed by atoms with Gasteiger partial charge in [0.15, 0.2) is 6.54 Å². The Labute approximate surface area is 184 Å². The Bertz CT molecular complexity index is 1050. The van der Waals surface area contributed by atoms with Crippen molar-refractivity contribution in [2.24, 2.45) is 5.92 Å². The van der Waals surface area contributed by atoms with E-state index in [9.17, 15) is 10.1 Å². The molecule has 2 N–H and O–H groups in total. The summed E-state index contributed by atoms with van der Waals surface area (Å²) in [7, 11) is 1.98. The fraction of sp³-hybridized carbons (Fsp3) is 0.320. The SMILES string of the molecule is CC(C)[C@@](C)(C#N)NC(=O)C[NH+](C)Cc1cn(-c2ccccc2)nc1-c1ccccc1. The van der Waals surface area contributed by atoms with Crippen LogP contribution in [0.1, 0.15) is 26.3 Å². The molecule has 1 unspecified atom stereocenters. The molecule has 6 heteroatoms. The zero-order valence-corrected chi connectivity index (χ0v) is 18.6. The van der Waals surface area contributed by atoms with Crippen molar-refractivity contribution in [3.63, 3.8) is 0 Å². The van der Waals surface area contributed by atoms with E-state index in [-0.39, 0.29) is 18.4 Å². The summed E-state index contributed by atoms with van der Waals surface area (Å²) in [6.45, 7) is 6.54. The van der Waals surface area contributed by atoms with Gasteiger partial charge < -0.3 is 10.2 Å². The molecule has 160 valence electrons.